The molecule has 25 heteroatoms. The number of esters is 1. The first-order chi connectivity index (χ1) is 27.0. The number of nitrogens with zero attached hydrogens (tertiary/aromatic N) is 6. The Bertz CT molecular complexity index is 2250. The topological polar surface area (TPSA) is 297 Å². The largest absolute Gasteiger partial charge is 0.465 e. The van der Waals surface area contributed by atoms with Gasteiger partial charge in [-0.05, 0) is 55.5 Å². The summed E-state index contributed by atoms with van der Waals surface area (Å²) >= 11 is 0. The lowest BCUT2D eigenvalue weighted by molar-refractivity contribution is -0.151. The molecule has 2 aromatic carbocycles. The number of nitrogens with two attached hydrogens (primary N) is 2. The van der Waals surface area contributed by atoms with E-state index in [1.54, 1.807) is 43.3 Å². The molecule has 3 aliphatic rings. The van der Waals surface area contributed by atoms with E-state index in [1.807, 2.05) is 4.90 Å². The molecule has 0 bridgehead atoms. The van der Waals surface area contributed by atoms with Gasteiger partial charge in [-0.1, -0.05) is 0 Å². The number of benzene rings is 2. The molecule has 5 rings (SSSR count). The second-order valence-corrected chi connectivity index (χ2v) is 18.0. The second kappa shape index (κ2) is 18.9. The highest BCUT2D eigenvalue weighted by Crippen LogP contribution is 2.24. The van der Waals surface area contributed by atoms with Crippen LogP contribution in [0.5, 0.6) is 0 Å². The first-order valence-corrected chi connectivity index (χ1v) is 22.8. The highest BCUT2D eigenvalue weighted by molar-refractivity contribution is 7.89. The van der Waals surface area contributed by atoms with Crippen molar-refractivity contribution < 1.29 is 62.8 Å². The van der Waals surface area contributed by atoms with Crippen LogP contribution in [0.2, 0.25) is 0 Å². The molecule has 0 spiro atoms. The van der Waals surface area contributed by atoms with Crippen LogP contribution in [0.4, 0.5) is 21.0 Å². The summed E-state index contributed by atoms with van der Waals surface area (Å²) < 4.78 is 93.5. The van der Waals surface area contributed by atoms with E-state index in [0.29, 0.717) is 48.7 Å². The summed E-state index contributed by atoms with van der Waals surface area (Å²) in [5.41, 5.74) is 13.1. The van der Waals surface area contributed by atoms with Crippen molar-refractivity contribution in [2.75, 3.05) is 87.6 Å². The summed E-state index contributed by atoms with van der Waals surface area (Å²) in [6, 6.07) is 12.5. The fourth-order valence-electron chi connectivity index (χ4n) is 5.66. The van der Waals surface area contributed by atoms with Crippen molar-refractivity contribution in [3.8, 4) is 0 Å². The predicted octanol–water partition coefficient (Wildman–Crippen LogP) is -0.963. The van der Waals surface area contributed by atoms with Gasteiger partial charge in [0.15, 0.2) is 0 Å². The first kappa shape index (κ1) is 45.3. The summed E-state index contributed by atoms with van der Waals surface area (Å²) in [6.45, 7) is 3.49. The Morgan fingerprint density at radius 3 is 1.66 bits per heavy atom. The van der Waals surface area contributed by atoms with Crippen LogP contribution < -0.4 is 21.3 Å². The second-order valence-electron chi connectivity index (χ2n) is 13.1. The van der Waals surface area contributed by atoms with Gasteiger partial charge in [0.05, 0.1) is 45.0 Å². The Kier molecular flexibility index (Phi) is 14.8. The zero-order valence-electron chi connectivity index (χ0n) is 31.9. The third-order valence-corrected chi connectivity index (χ3v) is 9.80. The molecule has 22 nitrogen and oxygen atoms in total. The highest BCUT2D eigenvalue weighted by Gasteiger charge is 2.36. The minimum atomic E-state index is -3.63. The smallest absolute Gasteiger partial charge is 0.414 e. The van der Waals surface area contributed by atoms with Gasteiger partial charge >= 0.3 is 18.2 Å². The maximum atomic E-state index is 12.4. The average molecular weight is 873 g/mol. The van der Waals surface area contributed by atoms with E-state index >= 15 is 0 Å². The van der Waals surface area contributed by atoms with Crippen LogP contribution in [0.3, 0.4) is 0 Å². The van der Waals surface area contributed by atoms with E-state index in [2.05, 4.69) is 13.0 Å². The fourth-order valence-corrected chi connectivity index (χ4v) is 6.99. The number of amidine groups is 2. The lowest BCUT2D eigenvalue weighted by Crippen LogP contribution is -2.53. The zero-order valence-corrected chi connectivity index (χ0v) is 34.4. The van der Waals surface area contributed by atoms with E-state index in [4.69, 9.17) is 25.7 Å². The first-order valence-electron chi connectivity index (χ1n) is 17.3. The molecule has 0 aromatic heterocycles. The fraction of sp³-hybridized carbons (Fsp3) is 0.455. The van der Waals surface area contributed by atoms with Crippen LogP contribution in [0.1, 0.15) is 18.1 Å². The number of amides is 3. The summed E-state index contributed by atoms with van der Waals surface area (Å²) in [7, 11) is -10.9. The average Bonchev–Trinajstić information content (AvgIpc) is 3.68. The van der Waals surface area contributed by atoms with Crippen molar-refractivity contribution in [2.24, 2.45) is 20.3 Å². The van der Waals surface area contributed by atoms with Gasteiger partial charge in [-0.25, -0.2) is 26.4 Å². The molecule has 318 valence electrons. The van der Waals surface area contributed by atoms with Crippen LogP contribution in [-0.4, -0.2) is 161 Å². The van der Waals surface area contributed by atoms with Gasteiger partial charge in [0.2, 0.25) is 5.91 Å². The quantitative estimate of drug-likeness (QED) is 0.0759. The van der Waals surface area contributed by atoms with Gasteiger partial charge in [0, 0.05) is 42.1 Å². The SMILES string of the molecule is CCOC(=O)CN1CCN(CC2CN(c3ccc(C(N)=NS(C)(=O)=O)cc3)C(=O)O2)CC1=O.CS(=O)(=O)N=C(N)c1ccc(N2CC(COS(C)(=O)=O)OC2=O)cc1. The lowest BCUT2D eigenvalue weighted by Gasteiger charge is -2.34. The number of carbonyl (C=O) groups is 4. The van der Waals surface area contributed by atoms with Gasteiger partial charge in [-0.15, -0.1) is 8.80 Å². The number of ether oxygens (including phenoxy) is 3. The molecule has 2 atom stereocenters. The lowest BCUT2D eigenvalue weighted by atomic mass is 10.2. The van der Waals surface area contributed by atoms with Crippen LogP contribution in [0.25, 0.3) is 0 Å². The summed E-state index contributed by atoms with van der Waals surface area (Å²) in [4.78, 5) is 54.3. The number of hydrogen-bond acceptors (Lipinski definition) is 15. The monoisotopic (exact) mass is 872 g/mol. The van der Waals surface area contributed by atoms with E-state index < -0.39 is 60.5 Å². The Morgan fingerprint density at radius 2 is 1.22 bits per heavy atom. The third kappa shape index (κ3) is 13.9. The van der Waals surface area contributed by atoms with Crippen molar-refractivity contribution in [3.05, 3.63) is 59.7 Å². The molecule has 3 amide bonds. The van der Waals surface area contributed by atoms with E-state index in [-0.39, 0.29) is 50.4 Å². The molecule has 2 aromatic rings. The van der Waals surface area contributed by atoms with Gasteiger partial charge in [-0.2, -0.15) is 8.42 Å². The molecule has 3 fully saturated rings. The Hall–Kier alpha value is -5.37. The molecule has 4 N–H and O–H groups in total. The third-order valence-electron chi connectivity index (χ3n) is 8.18. The molecule has 58 heavy (non-hydrogen) atoms. The molecule has 3 saturated heterocycles. The van der Waals surface area contributed by atoms with Crippen LogP contribution in [0, 0.1) is 0 Å². The van der Waals surface area contributed by atoms with Gasteiger partial charge < -0.3 is 30.6 Å². The number of hydrogen-bond donors (Lipinski definition) is 2. The zero-order chi connectivity index (χ0) is 43.0. The normalized spacial score (nSPS) is 19.7. The molecule has 0 saturated carbocycles. The highest BCUT2D eigenvalue weighted by atomic mass is 32.2. The number of anilines is 2. The molecular weight excluding hydrogens is 829 g/mol. The number of carbonyl (C=O) groups excluding carboxylic acids is 4. The van der Waals surface area contributed by atoms with Crippen LogP contribution >= 0.6 is 0 Å². The number of sulfonamides is 2. The number of cyclic esters (lactones) is 2. The van der Waals surface area contributed by atoms with E-state index in [9.17, 15) is 44.4 Å². The van der Waals surface area contributed by atoms with Gasteiger partial charge in [0.1, 0.15) is 37.0 Å². The molecule has 0 radical (unpaired) electrons. The van der Waals surface area contributed by atoms with E-state index in [1.165, 1.54) is 26.8 Å². The van der Waals surface area contributed by atoms with Crippen molar-refractivity contribution >= 4 is 77.3 Å². The van der Waals surface area contributed by atoms with Gasteiger partial charge in [-0.3, -0.25) is 28.5 Å². The van der Waals surface area contributed by atoms with Crippen LogP contribution in [-0.2, 0) is 58.1 Å². The standard InChI is InChI=1S/C20H27N5O7S.C13H17N3O7S2/c1-3-31-18(27)13-24-9-8-23(12-17(24)26)10-16-11-25(20(28)32-16)15-6-4-14(5-7-15)19(21)22-33(2,29)30;1-24(18,19)15-12(14)9-3-5-10(6-4-9)16-7-11(23-13(16)17)8-22-25(2,20)21/h4-7,16H,3,8-13H2,1-2H3,(H2,21,22);3-6,11H,7-8H2,1-2H3,(H2,14,15). The summed E-state index contributed by atoms with van der Waals surface area (Å²) in [5.74, 6) is -0.926. The molecule has 0 aliphatic carbocycles. The predicted molar refractivity (Wildman–Crippen MR) is 210 cm³/mol. The molecular formula is C33H44N8O14S3. The van der Waals surface area contributed by atoms with Crippen molar-refractivity contribution in [2.45, 2.75) is 19.1 Å². The number of piperazine rings is 1. The Labute approximate surface area is 335 Å². The van der Waals surface area contributed by atoms with Crippen molar-refractivity contribution in [3.63, 3.8) is 0 Å². The van der Waals surface area contributed by atoms with Crippen molar-refractivity contribution in [1.29, 1.82) is 0 Å². The Balaban J connectivity index is 0.000000267. The van der Waals surface area contributed by atoms with Crippen molar-refractivity contribution in [1.82, 2.24) is 9.80 Å². The number of rotatable bonds is 14. The molecule has 3 aliphatic heterocycles. The molecule has 2 unspecified atom stereocenters. The van der Waals surface area contributed by atoms with Crippen LogP contribution in [0.15, 0.2) is 57.3 Å². The summed E-state index contributed by atoms with van der Waals surface area (Å²) in [5, 5.41) is 0. The summed E-state index contributed by atoms with van der Waals surface area (Å²) in [6.07, 6.45) is 0.459. The minimum Gasteiger partial charge on any atom is -0.465 e. The molecule has 3 heterocycles. The van der Waals surface area contributed by atoms with E-state index in [0.717, 1.165) is 18.8 Å². The van der Waals surface area contributed by atoms with Gasteiger partial charge in [0.25, 0.3) is 30.2 Å². The minimum absolute atomic E-state index is 0.0674. The Morgan fingerprint density at radius 1 is 0.759 bits per heavy atom. The maximum Gasteiger partial charge on any atom is 0.414 e. The maximum absolute atomic E-state index is 12.4.